The fourth-order valence-corrected chi connectivity index (χ4v) is 1.91. The molecule has 0 saturated carbocycles. The molecule has 1 N–H and O–H groups in total. The molecule has 4 heteroatoms. The summed E-state index contributed by atoms with van der Waals surface area (Å²) in [6, 6.07) is 0. The molecule has 120 valence electrons. The Labute approximate surface area is 125 Å². The van der Waals surface area contributed by atoms with Crippen molar-refractivity contribution in [3.63, 3.8) is 0 Å². The molecule has 0 rings (SSSR count). The van der Waals surface area contributed by atoms with Gasteiger partial charge in [0.25, 0.3) is 0 Å². The molecule has 0 aromatic heterocycles. The van der Waals surface area contributed by atoms with Crippen molar-refractivity contribution in [3.05, 3.63) is 0 Å². The number of hydrogen-bond acceptors (Lipinski definition) is 3. The number of ether oxygens (including phenoxy) is 1. The fourth-order valence-electron chi connectivity index (χ4n) is 1.91. The van der Waals surface area contributed by atoms with E-state index in [2.05, 4.69) is 24.1 Å². The summed E-state index contributed by atoms with van der Waals surface area (Å²) in [4.78, 5) is 13.6. The van der Waals surface area contributed by atoms with Crippen molar-refractivity contribution >= 4 is 5.91 Å². The van der Waals surface area contributed by atoms with E-state index in [1.807, 2.05) is 14.1 Å². The number of nitrogens with one attached hydrogen (secondary N) is 1. The molecule has 0 spiro atoms. The predicted molar refractivity (Wildman–Crippen MR) is 84.9 cm³/mol. The van der Waals surface area contributed by atoms with Crippen LogP contribution in [0.15, 0.2) is 0 Å². The molecule has 0 unspecified atom stereocenters. The number of carbonyl (C=O) groups is 1. The van der Waals surface area contributed by atoms with Gasteiger partial charge in [-0.05, 0) is 39.4 Å². The van der Waals surface area contributed by atoms with Crippen LogP contribution in [0.2, 0.25) is 0 Å². The third kappa shape index (κ3) is 15.4. The number of rotatable bonds is 13. The van der Waals surface area contributed by atoms with E-state index < -0.39 is 0 Å². The van der Waals surface area contributed by atoms with Crippen LogP contribution in [0.5, 0.6) is 0 Å². The highest BCUT2D eigenvalue weighted by Gasteiger charge is 2.01. The van der Waals surface area contributed by atoms with E-state index in [0.29, 0.717) is 13.0 Å². The van der Waals surface area contributed by atoms with Crippen LogP contribution >= 0.6 is 0 Å². The summed E-state index contributed by atoms with van der Waals surface area (Å²) in [6.07, 6.45) is 6.40. The Morgan fingerprint density at radius 1 is 1.10 bits per heavy atom. The normalized spacial score (nSPS) is 11.3. The first-order valence-corrected chi connectivity index (χ1v) is 8.01. The van der Waals surface area contributed by atoms with Crippen LogP contribution in [0.3, 0.4) is 0 Å². The minimum absolute atomic E-state index is 0.101. The highest BCUT2D eigenvalue weighted by Crippen LogP contribution is 2.07. The molecular formula is C16H34N2O2. The minimum Gasteiger partial charge on any atom is -0.381 e. The molecule has 0 atom stereocenters. The van der Waals surface area contributed by atoms with Gasteiger partial charge in [-0.3, -0.25) is 4.79 Å². The van der Waals surface area contributed by atoms with Crippen LogP contribution < -0.4 is 5.32 Å². The first-order valence-electron chi connectivity index (χ1n) is 8.01. The zero-order valence-electron chi connectivity index (χ0n) is 13.9. The molecule has 0 saturated heterocycles. The molecule has 4 nitrogen and oxygen atoms in total. The molecular weight excluding hydrogens is 252 g/mol. The lowest BCUT2D eigenvalue weighted by Crippen LogP contribution is -2.27. The lowest BCUT2D eigenvalue weighted by molar-refractivity contribution is -0.122. The van der Waals surface area contributed by atoms with Crippen LogP contribution in [0.1, 0.15) is 52.4 Å². The van der Waals surface area contributed by atoms with Crippen LogP contribution in [0.4, 0.5) is 0 Å². The van der Waals surface area contributed by atoms with E-state index in [9.17, 15) is 4.79 Å². The Hall–Kier alpha value is -0.610. The second-order valence-corrected chi connectivity index (χ2v) is 6.11. The lowest BCUT2D eigenvalue weighted by atomic mass is 10.1. The molecule has 0 aliphatic rings. The Morgan fingerprint density at radius 2 is 1.85 bits per heavy atom. The van der Waals surface area contributed by atoms with Gasteiger partial charge in [-0.2, -0.15) is 0 Å². The third-order valence-electron chi connectivity index (χ3n) is 3.15. The summed E-state index contributed by atoms with van der Waals surface area (Å²) >= 11 is 0. The second kappa shape index (κ2) is 13.4. The van der Waals surface area contributed by atoms with Gasteiger partial charge in [0.05, 0.1) is 6.61 Å². The summed E-state index contributed by atoms with van der Waals surface area (Å²) in [5.41, 5.74) is 0. The van der Waals surface area contributed by atoms with E-state index in [1.54, 1.807) is 0 Å². The Balaban J connectivity index is 3.19. The average molecular weight is 286 g/mol. The van der Waals surface area contributed by atoms with Crippen LogP contribution in [0, 0.1) is 5.92 Å². The standard InChI is InChI=1S/C16H34N2O2/c1-15(2)9-6-5-7-13-20-14-10-16(19)17-11-8-12-18(3)4/h15H,5-14H2,1-4H3,(H,17,19). The van der Waals surface area contributed by atoms with Crippen molar-refractivity contribution in [2.24, 2.45) is 5.92 Å². The van der Waals surface area contributed by atoms with Crippen LogP contribution in [-0.2, 0) is 9.53 Å². The highest BCUT2D eigenvalue weighted by atomic mass is 16.5. The molecule has 0 aliphatic heterocycles. The first kappa shape index (κ1) is 19.4. The number of nitrogens with zero attached hydrogens (tertiary/aromatic N) is 1. The topological polar surface area (TPSA) is 41.6 Å². The molecule has 0 radical (unpaired) electrons. The van der Waals surface area contributed by atoms with E-state index in [4.69, 9.17) is 4.74 Å². The van der Waals surface area contributed by atoms with Gasteiger partial charge in [0.15, 0.2) is 0 Å². The van der Waals surface area contributed by atoms with Gasteiger partial charge < -0.3 is 15.0 Å². The molecule has 0 fully saturated rings. The van der Waals surface area contributed by atoms with Gasteiger partial charge in [-0.15, -0.1) is 0 Å². The van der Waals surface area contributed by atoms with E-state index in [0.717, 1.165) is 38.5 Å². The Kier molecular flexibility index (Phi) is 13.0. The predicted octanol–water partition coefficient (Wildman–Crippen LogP) is 2.68. The molecule has 0 aromatic carbocycles. The maximum Gasteiger partial charge on any atom is 0.222 e. The number of unbranched alkanes of at least 4 members (excludes halogenated alkanes) is 2. The zero-order chi connectivity index (χ0) is 15.2. The summed E-state index contributed by atoms with van der Waals surface area (Å²) in [5.74, 6) is 0.899. The maximum absolute atomic E-state index is 11.5. The van der Waals surface area contributed by atoms with Gasteiger partial charge in [0.1, 0.15) is 0 Å². The summed E-state index contributed by atoms with van der Waals surface area (Å²) < 4.78 is 5.49. The number of amides is 1. The van der Waals surface area contributed by atoms with Gasteiger partial charge in [-0.1, -0.05) is 33.1 Å². The highest BCUT2D eigenvalue weighted by molar-refractivity contribution is 5.75. The first-order chi connectivity index (χ1) is 9.52. The number of carbonyl (C=O) groups excluding carboxylic acids is 1. The smallest absolute Gasteiger partial charge is 0.222 e. The molecule has 0 aromatic rings. The van der Waals surface area contributed by atoms with Crippen molar-refractivity contribution in [3.8, 4) is 0 Å². The summed E-state index contributed by atoms with van der Waals surface area (Å²) in [7, 11) is 4.08. The van der Waals surface area contributed by atoms with E-state index in [-0.39, 0.29) is 5.91 Å². The Morgan fingerprint density at radius 3 is 2.50 bits per heavy atom. The molecule has 0 aliphatic carbocycles. The number of hydrogen-bond donors (Lipinski definition) is 1. The molecule has 0 bridgehead atoms. The van der Waals surface area contributed by atoms with Gasteiger partial charge in [0, 0.05) is 19.6 Å². The second-order valence-electron chi connectivity index (χ2n) is 6.11. The van der Waals surface area contributed by atoms with Crippen molar-refractivity contribution in [2.45, 2.75) is 52.4 Å². The molecule has 20 heavy (non-hydrogen) atoms. The van der Waals surface area contributed by atoms with E-state index in [1.165, 1.54) is 19.3 Å². The van der Waals surface area contributed by atoms with Crippen molar-refractivity contribution in [1.82, 2.24) is 10.2 Å². The van der Waals surface area contributed by atoms with Crippen LogP contribution in [0.25, 0.3) is 0 Å². The molecule has 0 heterocycles. The fraction of sp³-hybridized carbons (Fsp3) is 0.938. The van der Waals surface area contributed by atoms with Gasteiger partial charge >= 0.3 is 0 Å². The van der Waals surface area contributed by atoms with Crippen molar-refractivity contribution in [2.75, 3.05) is 40.4 Å². The monoisotopic (exact) mass is 286 g/mol. The van der Waals surface area contributed by atoms with Crippen LogP contribution in [-0.4, -0.2) is 51.2 Å². The molecule has 1 amide bonds. The SMILES string of the molecule is CC(C)CCCCCOCCC(=O)NCCCN(C)C. The van der Waals surface area contributed by atoms with Gasteiger partial charge in [0.2, 0.25) is 5.91 Å². The Bertz CT molecular complexity index is 231. The van der Waals surface area contributed by atoms with Gasteiger partial charge in [-0.25, -0.2) is 0 Å². The van der Waals surface area contributed by atoms with Crippen molar-refractivity contribution < 1.29 is 9.53 Å². The maximum atomic E-state index is 11.5. The average Bonchev–Trinajstić information content (AvgIpc) is 2.37. The summed E-state index contributed by atoms with van der Waals surface area (Å²) in [5, 5.41) is 2.92. The summed E-state index contributed by atoms with van der Waals surface area (Å²) in [6.45, 7) is 7.61. The zero-order valence-corrected chi connectivity index (χ0v) is 13.9. The third-order valence-corrected chi connectivity index (χ3v) is 3.15. The largest absolute Gasteiger partial charge is 0.381 e. The minimum atomic E-state index is 0.101. The quantitative estimate of drug-likeness (QED) is 0.529. The lowest BCUT2D eigenvalue weighted by Gasteiger charge is -2.10. The van der Waals surface area contributed by atoms with E-state index >= 15 is 0 Å². The van der Waals surface area contributed by atoms with Crippen molar-refractivity contribution in [1.29, 1.82) is 0 Å².